The smallest absolute Gasteiger partial charge is 0.349 e. The first kappa shape index (κ1) is 14.0. The number of hydrogen-bond acceptors (Lipinski definition) is 5. The SMILES string of the molecule is COC(=O)C(C)(C)Oc1ccc(OC=O)cc1C. The number of aryl methyl sites for hydroxylation is 1. The first-order chi connectivity index (χ1) is 8.40. The lowest BCUT2D eigenvalue weighted by Gasteiger charge is -2.24. The molecule has 0 aromatic heterocycles. The first-order valence-corrected chi connectivity index (χ1v) is 5.39. The molecular formula is C13H16O5. The molecular weight excluding hydrogens is 236 g/mol. The maximum Gasteiger partial charge on any atom is 0.349 e. The fourth-order valence-corrected chi connectivity index (χ4v) is 1.43. The van der Waals surface area contributed by atoms with E-state index >= 15 is 0 Å². The van der Waals surface area contributed by atoms with Crippen molar-refractivity contribution < 1.29 is 23.8 Å². The van der Waals surface area contributed by atoms with E-state index in [2.05, 4.69) is 4.74 Å². The zero-order valence-corrected chi connectivity index (χ0v) is 10.9. The highest BCUT2D eigenvalue weighted by Gasteiger charge is 2.31. The molecule has 0 unspecified atom stereocenters. The number of hydrogen-bond donors (Lipinski definition) is 0. The third-order valence-corrected chi connectivity index (χ3v) is 2.37. The predicted octanol–water partition coefficient (Wildman–Crippen LogP) is 1.86. The van der Waals surface area contributed by atoms with Crippen LogP contribution in [-0.2, 0) is 14.3 Å². The molecule has 0 bridgehead atoms. The normalized spacial score (nSPS) is 10.7. The molecule has 98 valence electrons. The molecule has 0 fully saturated rings. The van der Waals surface area contributed by atoms with Crippen LogP contribution < -0.4 is 9.47 Å². The van der Waals surface area contributed by atoms with Gasteiger partial charge in [-0.3, -0.25) is 4.79 Å². The second-order valence-electron chi connectivity index (χ2n) is 4.25. The molecule has 5 heteroatoms. The minimum atomic E-state index is -1.08. The Morgan fingerprint density at radius 2 is 2.00 bits per heavy atom. The lowest BCUT2D eigenvalue weighted by atomic mass is 10.1. The summed E-state index contributed by atoms with van der Waals surface area (Å²) in [6.45, 7) is 5.39. The molecule has 5 nitrogen and oxygen atoms in total. The quantitative estimate of drug-likeness (QED) is 0.591. The van der Waals surface area contributed by atoms with E-state index in [0.29, 0.717) is 18.0 Å². The lowest BCUT2D eigenvalue weighted by molar-refractivity contribution is -0.156. The second kappa shape index (κ2) is 5.53. The van der Waals surface area contributed by atoms with Gasteiger partial charge in [-0.05, 0) is 44.5 Å². The van der Waals surface area contributed by atoms with Gasteiger partial charge < -0.3 is 14.2 Å². The van der Waals surface area contributed by atoms with Gasteiger partial charge in [0.05, 0.1) is 7.11 Å². The highest BCUT2D eigenvalue weighted by molar-refractivity contribution is 5.78. The van der Waals surface area contributed by atoms with Crippen molar-refractivity contribution in [1.82, 2.24) is 0 Å². The molecule has 18 heavy (non-hydrogen) atoms. The second-order valence-corrected chi connectivity index (χ2v) is 4.25. The maximum atomic E-state index is 11.5. The zero-order chi connectivity index (χ0) is 13.8. The van der Waals surface area contributed by atoms with Gasteiger partial charge in [0.2, 0.25) is 0 Å². The number of carbonyl (C=O) groups is 2. The van der Waals surface area contributed by atoms with Crippen LogP contribution >= 0.6 is 0 Å². The van der Waals surface area contributed by atoms with Gasteiger partial charge in [-0.2, -0.15) is 0 Å². The molecule has 0 spiro atoms. The van der Waals surface area contributed by atoms with Gasteiger partial charge in [0.15, 0.2) is 5.60 Å². The number of methoxy groups -OCH3 is 1. The summed E-state index contributed by atoms with van der Waals surface area (Å²) in [6, 6.07) is 4.88. The highest BCUT2D eigenvalue weighted by atomic mass is 16.6. The molecule has 1 rings (SSSR count). The Kier molecular flexibility index (Phi) is 4.31. The minimum Gasteiger partial charge on any atom is -0.476 e. The first-order valence-electron chi connectivity index (χ1n) is 5.39. The molecule has 0 amide bonds. The van der Waals surface area contributed by atoms with Crippen LogP contribution in [-0.4, -0.2) is 25.2 Å². The molecule has 0 aliphatic heterocycles. The number of esters is 1. The Bertz CT molecular complexity index is 451. The Morgan fingerprint density at radius 1 is 1.33 bits per heavy atom. The Morgan fingerprint density at radius 3 is 2.50 bits per heavy atom. The van der Waals surface area contributed by atoms with E-state index in [-0.39, 0.29) is 0 Å². The molecule has 0 N–H and O–H groups in total. The molecule has 0 saturated carbocycles. The molecule has 0 heterocycles. The summed E-state index contributed by atoms with van der Waals surface area (Å²) in [6.07, 6.45) is 0. The van der Waals surface area contributed by atoms with E-state index < -0.39 is 11.6 Å². The zero-order valence-electron chi connectivity index (χ0n) is 10.9. The monoisotopic (exact) mass is 252 g/mol. The van der Waals surface area contributed by atoms with Crippen molar-refractivity contribution >= 4 is 12.4 Å². The van der Waals surface area contributed by atoms with Gasteiger partial charge in [-0.25, -0.2) is 4.79 Å². The third kappa shape index (κ3) is 3.23. The fraction of sp³-hybridized carbons (Fsp3) is 0.385. The summed E-state index contributed by atoms with van der Waals surface area (Å²) in [5.74, 6) is 0.490. The van der Waals surface area contributed by atoms with Gasteiger partial charge in [0.1, 0.15) is 11.5 Å². The standard InChI is InChI=1S/C13H16O5/c1-9-7-10(17-8-14)5-6-11(9)18-13(2,3)12(15)16-4/h5-8H,1-4H3. The largest absolute Gasteiger partial charge is 0.476 e. The van der Waals surface area contributed by atoms with Crippen molar-refractivity contribution in [3.63, 3.8) is 0 Å². The van der Waals surface area contributed by atoms with E-state index in [9.17, 15) is 9.59 Å². The van der Waals surface area contributed by atoms with E-state index in [4.69, 9.17) is 9.47 Å². The average molecular weight is 252 g/mol. The number of ether oxygens (including phenoxy) is 3. The third-order valence-electron chi connectivity index (χ3n) is 2.37. The van der Waals surface area contributed by atoms with Crippen molar-refractivity contribution in [3.8, 4) is 11.5 Å². The summed E-state index contributed by atoms with van der Waals surface area (Å²) >= 11 is 0. The average Bonchev–Trinajstić information content (AvgIpc) is 2.32. The van der Waals surface area contributed by atoms with Crippen LogP contribution in [0.3, 0.4) is 0 Å². The summed E-state index contributed by atoms with van der Waals surface area (Å²) < 4.78 is 15.0. The summed E-state index contributed by atoms with van der Waals surface area (Å²) in [5, 5.41) is 0. The maximum absolute atomic E-state index is 11.5. The predicted molar refractivity (Wildman–Crippen MR) is 64.6 cm³/mol. The van der Waals surface area contributed by atoms with Crippen molar-refractivity contribution in [2.75, 3.05) is 7.11 Å². The van der Waals surface area contributed by atoms with Crippen molar-refractivity contribution in [1.29, 1.82) is 0 Å². The Balaban J connectivity index is 2.91. The minimum absolute atomic E-state index is 0.355. The molecule has 1 aromatic carbocycles. The number of rotatable bonds is 5. The van der Waals surface area contributed by atoms with Crippen LogP contribution in [0, 0.1) is 6.92 Å². The van der Waals surface area contributed by atoms with Crippen molar-refractivity contribution in [2.24, 2.45) is 0 Å². The number of benzene rings is 1. The van der Waals surface area contributed by atoms with E-state index in [1.54, 1.807) is 39.0 Å². The number of carbonyl (C=O) groups excluding carboxylic acids is 2. The van der Waals surface area contributed by atoms with Crippen LogP contribution in [0.5, 0.6) is 11.5 Å². The van der Waals surface area contributed by atoms with Gasteiger partial charge in [0.25, 0.3) is 6.47 Å². The molecule has 0 saturated heterocycles. The van der Waals surface area contributed by atoms with Crippen LogP contribution in [0.15, 0.2) is 18.2 Å². The lowest BCUT2D eigenvalue weighted by Crippen LogP contribution is -2.39. The topological polar surface area (TPSA) is 61.8 Å². The van der Waals surface area contributed by atoms with Crippen LogP contribution in [0.25, 0.3) is 0 Å². The molecule has 0 atom stereocenters. The van der Waals surface area contributed by atoms with Gasteiger partial charge in [-0.1, -0.05) is 0 Å². The van der Waals surface area contributed by atoms with E-state index in [0.717, 1.165) is 5.56 Å². The summed E-state index contributed by atoms with van der Waals surface area (Å²) in [5.41, 5.74) is -0.321. The van der Waals surface area contributed by atoms with Crippen LogP contribution in [0.2, 0.25) is 0 Å². The molecule has 0 aliphatic rings. The Hall–Kier alpha value is -2.04. The van der Waals surface area contributed by atoms with Crippen molar-refractivity contribution in [3.05, 3.63) is 23.8 Å². The Labute approximate surface area is 106 Å². The molecule has 0 radical (unpaired) electrons. The summed E-state index contributed by atoms with van der Waals surface area (Å²) in [4.78, 5) is 21.7. The molecule has 0 aliphatic carbocycles. The molecule has 1 aromatic rings. The van der Waals surface area contributed by atoms with E-state index in [1.807, 2.05) is 0 Å². The van der Waals surface area contributed by atoms with Gasteiger partial charge in [-0.15, -0.1) is 0 Å². The van der Waals surface area contributed by atoms with Crippen molar-refractivity contribution in [2.45, 2.75) is 26.4 Å². The van der Waals surface area contributed by atoms with Gasteiger partial charge in [0, 0.05) is 0 Å². The fourth-order valence-electron chi connectivity index (χ4n) is 1.43. The summed E-state index contributed by atoms with van der Waals surface area (Å²) in [7, 11) is 1.31. The highest BCUT2D eigenvalue weighted by Crippen LogP contribution is 2.27. The van der Waals surface area contributed by atoms with E-state index in [1.165, 1.54) is 7.11 Å². The van der Waals surface area contributed by atoms with Gasteiger partial charge >= 0.3 is 5.97 Å². The van der Waals surface area contributed by atoms with Crippen LogP contribution in [0.1, 0.15) is 19.4 Å². The van der Waals surface area contributed by atoms with Crippen LogP contribution in [0.4, 0.5) is 0 Å².